The van der Waals surface area contributed by atoms with Crippen LogP contribution in [0.25, 0.3) is 0 Å². The number of benzene rings is 2. The molecule has 178 valence electrons. The van der Waals surface area contributed by atoms with Crippen molar-refractivity contribution in [2.45, 2.75) is 64.6 Å². The van der Waals surface area contributed by atoms with E-state index in [2.05, 4.69) is 20.8 Å². The Morgan fingerprint density at radius 3 is 2.18 bits per heavy atom. The van der Waals surface area contributed by atoms with Crippen molar-refractivity contribution in [3.63, 3.8) is 0 Å². The highest BCUT2D eigenvalue weighted by Gasteiger charge is 2.69. The van der Waals surface area contributed by atoms with Crippen molar-refractivity contribution >= 4 is 0 Å². The maximum absolute atomic E-state index is 11.6. The molecule has 2 aromatic rings. The maximum Gasteiger partial charge on any atom is 0.159 e. The van der Waals surface area contributed by atoms with Gasteiger partial charge in [-0.05, 0) is 47.6 Å². The largest absolute Gasteiger partial charge is 0.496 e. The lowest BCUT2D eigenvalue weighted by molar-refractivity contribution is -0.206. The molecule has 4 unspecified atom stereocenters. The van der Waals surface area contributed by atoms with Crippen molar-refractivity contribution in [2.75, 3.05) is 14.2 Å². The van der Waals surface area contributed by atoms with E-state index in [1.54, 1.807) is 14.2 Å². The van der Waals surface area contributed by atoms with Gasteiger partial charge in [0.2, 0.25) is 0 Å². The molecule has 1 aliphatic heterocycles. The predicted octanol–water partition coefficient (Wildman–Crippen LogP) is 5.68. The average molecular weight is 453 g/mol. The zero-order valence-corrected chi connectivity index (χ0v) is 20.3. The van der Waals surface area contributed by atoms with Crippen LogP contribution in [0.2, 0.25) is 0 Å². The highest BCUT2D eigenvalue weighted by molar-refractivity contribution is 5.41. The molecule has 1 N–H and O–H groups in total. The van der Waals surface area contributed by atoms with Crippen LogP contribution in [0.3, 0.4) is 0 Å². The van der Waals surface area contributed by atoms with Crippen LogP contribution in [0.1, 0.15) is 63.4 Å². The topological polar surface area (TPSA) is 57.2 Å². The summed E-state index contributed by atoms with van der Waals surface area (Å²) >= 11 is 0. The number of ether oxygens (including phenoxy) is 4. The molecule has 2 aromatic carbocycles. The number of aliphatic hydroxyl groups is 1. The first kappa shape index (κ1) is 22.7. The Morgan fingerprint density at radius 2 is 1.55 bits per heavy atom. The Bertz CT molecular complexity index is 1000. The van der Waals surface area contributed by atoms with Gasteiger partial charge in [-0.25, -0.2) is 0 Å². The second-order valence-corrected chi connectivity index (χ2v) is 10.7. The van der Waals surface area contributed by atoms with E-state index in [1.807, 2.05) is 48.5 Å². The molecule has 3 aliphatic rings. The van der Waals surface area contributed by atoms with Gasteiger partial charge in [0.05, 0.1) is 20.3 Å². The fourth-order valence-electron chi connectivity index (χ4n) is 7.03. The van der Waals surface area contributed by atoms with Crippen molar-refractivity contribution in [1.82, 2.24) is 0 Å². The van der Waals surface area contributed by atoms with E-state index < -0.39 is 12.2 Å². The van der Waals surface area contributed by atoms with E-state index in [0.717, 1.165) is 12.0 Å². The third kappa shape index (κ3) is 3.39. The summed E-state index contributed by atoms with van der Waals surface area (Å²) in [6.45, 7) is 7.21. The van der Waals surface area contributed by atoms with Gasteiger partial charge in [0, 0.05) is 17.5 Å². The van der Waals surface area contributed by atoms with E-state index >= 15 is 0 Å². The second-order valence-electron chi connectivity index (χ2n) is 10.7. The average Bonchev–Trinajstić information content (AvgIpc) is 3.40. The summed E-state index contributed by atoms with van der Waals surface area (Å²) in [6, 6.07) is 15.2. The Morgan fingerprint density at radius 1 is 0.939 bits per heavy atom. The second kappa shape index (κ2) is 8.30. The van der Waals surface area contributed by atoms with Gasteiger partial charge in [-0.3, -0.25) is 0 Å². The van der Waals surface area contributed by atoms with Crippen molar-refractivity contribution in [2.24, 2.45) is 22.7 Å². The van der Waals surface area contributed by atoms with Gasteiger partial charge in [0.15, 0.2) is 6.29 Å². The van der Waals surface area contributed by atoms with Gasteiger partial charge >= 0.3 is 0 Å². The Kier molecular flexibility index (Phi) is 5.71. The third-order valence-corrected chi connectivity index (χ3v) is 9.16. The van der Waals surface area contributed by atoms with Gasteiger partial charge in [-0.1, -0.05) is 57.2 Å². The lowest BCUT2D eigenvalue weighted by Crippen LogP contribution is -2.38. The molecular formula is C28H36O5. The molecule has 3 fully saturated rings. The first-order valence-corrected chi connectivity index (χ1v) is 12.1. The molecule has 5 rings (SSSR count). The van der Waals surface area contributed by atoms with Crippen molar-refractivity contribution in [1.29, 1.82) is 0 Å². The van der Waals surface area contributed by atoms with Crippen LogP contribution in [0.5, 0.6) is 11.5 Å². The van der Waals surface area contributed by atoms with Crippen LogP contribution in [0.4, 0.5) is 0 Å². The molecule has 1 heterocycles. The molecular weight excluding hydrogens is 416 g/mol. The summed E-state index contributed by atoms with van der Waals surface area (Å²) in [7, 11) is 3.26. The lowest BCUT2D eigenvalue weighted by Gasteiger charge is -2.39. The maximum atomic E-state index is 11.6. The highest BCUT2D eigenvalue weighted by Crippen LogP contribution is 2.71. The number of fused-ring (bicyclic) bond motifs is 5. The molecule has 5 heteroatoms. The first-order valence-electron chi connectivity index (χ1n) is 12.1. The third-order valence-electron chi connectivity index (χ3n) is 9.16. The van der Waals surface area contributed by atoms with Crippen LogP contribution in [0, 0.1) is 22.7 Å². The molecule has 1 saturated heterocycles. The minimum Gasteiger partial charge on any atom is -0.496 e. The molecule has 7 atom stereocenters. The summed E-state index contributed by atoms with van der Waals surface area (Å²) in [5.74, 6) is 2.48. The van der Waals surface area contributed by atoms with Crippen LogP contribution >= 0.6 is 0 Å². The van der Waals surface area contributed by atoms with Gasteiger partial charge in [-0.15, -0.1) is 0 Å². The molecule has 5 nitrogen and oxygen atoms in total. The van der Waals surface area contributed by atoms with Gasteiger partial charge in [0.25, 0.3) is 0 Å². The van der Waals surface area contributed by atoms with Crippen LogP contribution in [0.15, 0.2) is 48.5 Å². The van der Waals surface area contributed by atoms with Gasteiger partial charge < -0.3 is 24.1 Å². The van der Waals surface area contributed by atoms with E-state index in [-0.39, 0.29) is 23.2 Å². The van der Waals surface area contributed by atoms with Crippen molar-refractivity contribution < 1.29 is 24.1 Å². The zero-order chi connectivity index (χ0) is 23.4. The SMILES string of the molecule is COc1ccccc1[C@@H](O[C@H]1CC2C3CCC(C)(C2O1)C3(C)C)[C@@H](O)c1ccccc1OC. The number of rotatable bonds is 7. The molecule has 0 aromatic heterocycles. The quantitative estimate of drug-likeness (QED) is 0.585. The van der Waals surface area contributed by atoms with Crippen LogP contribution < -0.4 is 9.47 Å². The summed E-state index contributed by atoms with van der Waals surface area (Å²) in [5.41, 5.74) is 1.93. The number of aliphatic hydroxyl groups excluding tert-OH is 1. The van der Waals surface area contributed by atoms with Gasteiger partial charge in [0.1, 0.15) is 23.7 Å². The Hall–Kier alpha value is -2.08. The first-order chi connectivity index (χ1) is 15.8. The lowest BCUT2D eigenvalue weighted by atomic mass is 9.70. The van der Waals surface area contributed by atoms with Crippen LogP contribution in [-0.2, 0) is 9.47 Å². The standard InChI is InChI=1S/C28H36O5/c1-27(2)20-14-15-28(27,3)26-19(20)16-23(33-26)32-25(18-11-7-9-13-22(18)31-5)24(29)17-10-6-8-12-21(17)30-4/h6-13,19-20,23-26,29H,14-16H2,1-5H3/t19?,20?,23-,24+,25-,26?,28?/m1/s1. The Labute approximate surface area is 197 Å². The molecule has 2 aliphatic carbocycles. The zero-order valence-electron chi connectivity index (χ0n) is 20.3. The summed E-state index contributed by atoms with van der Waals surface area (Å²) in [5, 5.41) is 11.6. The Balaban J connectivity index is 1.45. The van der Waals surface area contributed by atoms with Crippen LogP contribution in [-0.4, -0.2) is 31.7 Å². The van der Waals surface area contributed by atoms with E-state index in [0.29, 0.717) is 28.9 Å². The number of para-hydroxylation sites is 2. The molecule has 33 heavy (non-hydrogen) atoms. The highest BCUT2D eigenvalue weighted by atomic mass is 16.7. The summed E-state index contributed by atoms with van der Waals surface area (Å²) < 4.78 is 24.4. The van der Waals surface area contributed by atoms with Gasteiger partial charge in [-0.2, -0.15) is 0 Å². The van der Waals surface area contributed by atoms with E-state index in [1.165, 1.54) is 12.8 Å². The van der Waals surface area contributed by atoms with Crippen molar-refractivity contribution in [3.8, 4) is 11.5 Å². The van der Waals surface area contributed by atoms with E-state index in [4.69, 9.17) is 18.9 Å². The fourth-order valence-corrected chi connectivity index (χ4v) is 7.03. The minimum atomic E-state index is -0.940. The normalized spacial score (nSPS) is 33.5. The fraction of sp³-hybridized carbons (Fsp3) is 0.571. The number of methoxy groups -OCH3 is 2. The van der Waals surface area contributed by atoms with E-state index in [9.17, 15) is 5.11 Å². The molecule has 0 amide bonds. The molecule has 0 radical (unpaired) electrons. The monoisotopic (exact) mass is 452 g/mol. The predicted molar refractivity (Wildman–Crippen MR) is 126 cm³/mol. The molecule has 2 saturated carbocycles. The smallest absolute Gasteiger partial charge is 0.159 e. The molecule has 0 spiro atoms. The minimum absolute atomic E-state index is 0.168. The summed E-state index contributed by atoms with van der Waals surface area (Å²) in [6.07, 6.45) is 1.58. The summed E-state index contributed by atoms with van der Waals surface area (Å²) in [4.78, 5) is 0. The number of hydrogen-bond donors (Lipinski definition) is 1. The molecule has 2 bridgehead atoms. The van der Waals surface area contributed by atoms with Crippen molar-refractivity contribution in [3.05, 3.63) is 59.7 Å². The number of hydrogen-bond acceptors (Lipinski definition) is 5.